The summed E-state index contributed by atoms with van der Waals surface area (Å²) in [5, 5.41) is 2.88. The summed E-state index contributed by atoms with van der Waals surface area (Å²) in [6.07, 6.45) is 4.44. The lowest BCUT2D eigenvalue weighted by Crippen LogP contribution is -2.36. The monoisotopic (exact) mass is 365 g/mol. The van der Waals surface area contributed by atoms with E-state index in [9.17, 15) is 14.0 Å². The molecule has 1 heterocycles. The van der Waals surface area contributed by atoms with Crippen molar-refractivity contribution in [2.75, 3.05) is 20.4 Å². The van der Waals surface area contributed by atoms with Crippen molar-refractivity contribution in [2.24, 2.45) is 5.92 Å². The molecule has 0 saturated carbocycles. The number of esters is 2. The molecule has 0 fully saturated rings. The summed E-state index contributed by atoms with van der Waals surface area (Å²) >= 11 is 0. The van der Waals surface area contributed by atoms with Crippen LogP contribution in [0.1, 0.15) is 52.9 Å². The molecule has 1 unspecified atom stereocenters. The largest absolute Gasteiger partial charge is 0.466 e. The number of rotatable bonds is 6. The Bertz CT molecular complexity index is 675. The second kappa shape index (κ2) is 9.01. The smallest absolute Gasteiger partial charge is 0.336 e. The van der Waals surface area contributed by atoms with Crippen LogP contribution in [0.3, 0.4) is 0 Å². The molecular formula is C20H28FNO4. The van der Waals surface area contributed by atoms with E-state index in [0.29, 0.717) is 24.3 Å². The Labute approximate surface area is 154 Å². The van der Waals surface area contributed by atoms with Gasteiger partial charge in [-0.3, -0.25) is 0 Å². The average molecular weight is 365 g/mol. The zero-order valence-electron chi connectivity index (χ0n) is 16.0. The molecule has 0 aromatic carbocycles. The van der Waals surface area contributed by atoms with Gasteiger partial charge in [0.2, 0.25) is 0 Å². The van der Waals surface area contributed by atoms with Gasteiger partial charge in [-0.05, 0) is 46.0 Å². The van der Waals surface area contributed by atoms with Crippen LogP contribution in [0.2, 0.25) is 0 Å². The van der Waals surface area contributed by atoms with Crippen LogP contribution in [-0.2, 0) is 19.1 Å². The zero-order valence-corrected chi connectivity index (χ0v) is 16.0. The number of carbonyl (C=O) groups excluding carboxylic acids is 2. The lowest BCUT2D eigenvalue weighted by molar-refractivity contribution is -0.139. The number of carbonyl (C=O) groups is 2. The second-order valence-electron chi connectivity index (χ2n) is 6.76. The van der Waals surface area contributed by atoms with E-state index in [4.69, 9.17) is 9.47 Å². The number of nitrogens with one attached hydrogen (secondary N) is 1. The zero-order chi connectivity index (χ0) is 19.3. The maximum Gasteiger partial charge on any atom is 0.336 e. The highest BCUT2D eigenvalue weighted by Crippen LogP contribution is 2.42. The highest BCUT2D eigenvalue weighted by atomic mass is 19.1. The summed E-state index contributed by atoms with van der Waals surface area (Å²) in [5.41, 5.74) is 3.41. The normalized spacial score (nSPS) is 20.9. The Kier molecular flexibility index (Phi) is 7.00. The molecule has 0 spiro atoms. The molecule has 26 heavy (non-hydrogen) atoms. The number of hydrogen-bond donors (Lipinski definition) is 1. The van der Waals surface area contributed by atoms with E-state index in [1.54, 1.807) is 6.92 Å². The van der Waals surface area contributed by atoms with Gasteiger partial charge < -0.3 is 14.8 Å². The quantitative estimate of drug-likeness (QED) is 0.574. The molecular weight excluding hydrogens is 337 g/mol. The predicted molar refractivity (Wildman–Crippen MR) is 96.8 cm³/mol. The molecule has 0 aromatic heterocycles. The van der Waals surface area contributed by atoms with Gasteiger partial charge in [0.05, 0.1) is 30.6 Å². The molecule has 2 aliphatic rings. The predicted octanol–water partition coefficient (Wildman–Crippen LogP) is 3.72. The number of halogens is 1. The van der Waals surface area contributed by atoms with Crippen LogP contribution in [-0.4, -0.2) is 32.3 Å². The van der Waals surface area contributed by atoms with E-state index >= 15 is 0 Å². The van der Waals surface area contributed by atoms with Gasteiger partial charge in [-0.1, -0.05) is 18.1 Å². The number of hydrogen-bond acceptors (Lipinski definition) is 5. The number of alkyl halides is 1. The molecule has 1 N–H and O–H groups in total. The van der Waals surface area contributed by atoms with Gasteiger partial charge in [0, 0.05) is 11.6 Å². The van der Waals surface area contributed by atoms with Gasteiger partial charge in [-0.25, -0.2) is 14.0 Å². The van der Waals surface area contributed by atoms with E-state index < -0.39 is 24.5 Å². The molecule has 0 aromatic rings. The molecule has 1 atom stereocenters. The van der Waals surface area contributed by atoms with Crippen molar-refractivity contribution in [1.82, 2.24) is 5.32 Å². The van der Waals surface area contributed by atoms with Crippen molar-refractivity contribution < 1.29 is 23.5 Å². The van der Waals surface area contributed by atoms with E-state index in [1.807, 2.05) is 13.8 Å². The van der Waals surface area contributed by atoms with Gasteiger partial charge in [0.15, 0.2) is 0 Å². The van der Waals surface area contributed by atoms with Gasteiger partial charge in [-0.15, -0.1) is 0 Å². The van der Waals surface area contributed by atoms with Crippen molar-refractivity contribution in [3.05, 3.63) is 33.7 Å². The van der Waals surface area contributed by atoms with E-state index in [1.165, 1.54) is 7.11 Å². The SMILES string of the molecule is CCCOC(=O)C1=C(C)NC(CF)=C(C(=O)OC)C1C1=C(C)CCCC1. The van der Waals surface area contributed by atoms with Crippen LogP contribution in [0.4, 0.5) is 4.39 Å². The van der Waals surface area contributed by atoms with Crippen molar-refractivity contribution in [3.63, 3.8) is 0 Å². The number of allylic oxidation sites excluding steroid dienone is 4. The van der Waals surface area contributed by atoms with E-state index in [0.717, 1.165) is 36.8 Å². The fraction of sp³-hybridized carbons (Fsp3) is 0.600. The molecule has 0 bridgehead atoms. The van der Waals surface area contributed by atoms with Crippen LogP contribution in [0.25, 0.3) is 0 Å². The third-order valence-electron chi connectivity index (χ3n) is 4.99. The number of dihydropyridines is 1. The summed E-state index contributed by atoms with van der Waals surface area (Å²) in [7, 11) is 1.27. The van der Waals surface area contributed by atoms with Gasteiger partial charge in [-0.2, -0.15) is 0 Å². The molecule has 2 rings (SSSR count). The van der Waals surface area contributed by atoms with Crippen LogP contribution in [0.5, 0.6) is 0 Å². The molecule has 1 aliphatic carbocycles. The molecule has 0 amide bonds. The van der Waals surface area contributed by atoms with Crippen LogP contribution in [0, 0.1) is 5.92 Å². The summed E-state index contributed by atoms with van der Waals surface area (Å²) in [6.45, 7) is 5.12. The van der Waals surface area contributed by atoms with Crippen LogP contribution >= 0.6 is 0 Å². The van der Waals surface area contributed by atoms with E-state index in [2.05, 4.69) is 5.32 Å². The highest BCUT2D eigenvalue weighted by molar-refractivity contribution is 5.99. The fourth-order valence-corrected chi connectivity index (χ4v) is 3.71. The van der Waals surface area contributed by atoms with Crippen molar-refractivity contribution in [2.45, 2.75) is 52.9 Å². The Morgan fingerprint density at radius 3 is 2.42 bits per heavy atom. The first-order chi connectivity index (χ1) is 12.5. The first kappa shape index (κ1) is 20.2. The first-order valence-corrected chi connectivity index (χ1v) is 9.16. The Balaban J connectivity index is 2.61. The molecule has 144 valence electrons. The number of ether oxygens (including phenoxy) is 2. The highest BCUT2D eigenvalue weighted by Gasteiger charge is 2.40. The average Bonchev–Trinajstić information content (AvgIpc) is 2.64. The van der Waals surface area contributed by atoms with E-state index in [-0.39, 0.29) is 11.3 Å². The summed E-state index contributed by atoms with van der Waals surface area (Å²) in [5.74, 6) is -1.69. The summed E-state index contributed by atoms with van der Waals surface area (Å²) < 4.78 is 24.0. The van der Waals surface area contributed by atoms with Gasteiger partial charge >= 0.3 is 11.9 Å². The topological polar surface area (TPSA) is 64.6 Å². The Hall–Kier alpha value is -2.11. The molecule has 5 nitrogen and oxygen atoms in total. The third kappa shape index (κ3) is 4.00. The maximum atomic E-state index is 13.7. The van der Waals surface area contributed by atoms with Crippen molar-refractivity contribution in [3.8, 4) is 0 Å². The van der Waals surface area contributed by atoms with Crippen LogP contribution in [0.15, 0.2) is 33.7 Å². The van der Waals surface area contributed by atoms with Crippen LogP contribution < -0.4 is 5.32 Å². The number of methoxy groups -OCH3 is 1. The Morgan fingerprint density at radius 1 is 1.15 bits per heavy atom. The summed E-state index contributed by atoms with van der Waals surface area (Å²) in [6, 6.07) is 0. The third-order valence-corrected chi connectivity index (χ3v) is 4.99. The molecule has 0 radical (unpaired) electrons. The minimum atomic E-state index is -0.831. The first-order valence-electron chi connectivity index (χ1n) is 9.16. The lowest BCUT2D eigenvalue weighted by atomic mass is 9.74. The fourth-order valence-electron chi connectivity index (χ4n) is 3.71. The molecule has 0 saturated heterocycles. The summed E-state index contributed by atoms with van der Waals surface area (Å²) in [4.78, 5) is 25.3. The minimum absolute atomic E-state index is 0.164. The standard InChI is InChI=1S/C20H28FNO4/c1-5-10-26-20(24)16-13(3)22-15(11-21)18(19(23)25-4)17(16)14-9-7-6-8-12(14)2/h17,22H,5-11H2,1-4H3. The van der Waals surface area contributed by atoms with Gasteiger partial charge in [0.1, 0.15) is 6.67 Å². The minimum Gasteiger partial charge on any atom is -0.466 e. The molecule has 1 aliphatic heterocycles. The van der Waals surface area contributed by atoms with Gasteiger partial charge in [0.25, 0.3) is 0 Å². The maximum absolute atomic E-state index is 13.7. The lowest BCUT2D eigenvalue weighted by Gasteiger charge is -2.34. The van der Waals surface area contributed by atoms with Crippen molar-refractivity contribution >= 4 is 11.9 Å². The van der Waals surface area contributed by atoms with Crippen molar-refractivity contribution in [1.29, 1.82) is 0 Å². The molecule has 6 heteroatoms. The second-order valence-corrected chi connectivity index (χ2v) is 6.76. The Morgan fingerprint density at radius 2 is 1.85 bits per heavy atom.